The number of primary amides is 1. The molecule has 22 heavy (non-hydrogen) atoms. The molecule has 0 aromatic heterocycles. The highest BCUT2D eigenvalue weighted by atomic mass is 19.1. The van der Waals surface area contributed by atoms with E-state index in [1.54, 1.807) is 24.1 Å². The van der Waals surface area contributed by atoms with Gasteiger partial charge in [0.05, 0.1) is 7.11 Å². The van der Waals surface area contributed by atoms with E-state index in [0.717, 1.165) is 11.1 Å². The maximum absolute atomic E-state index is 13.7. The smallest absolute Gasteiger partial charge is 0.239 e. The topological polar surface area (TPSA) is 55.6 Å². The van der Waals surface area contributed by atoms with Crippen molar-refractivity contribution >= 4 is 5.91 Å². The molecule has 0 radical (unpaired) electrons. The highest BCUT2D eigenvalue weighted by Gasteiger charge is 2.22. The van der Waals surface area contributed by atoms with Gasteiger partial charge in [-0.05, 0) is 30.3 Å². The molecule has 0 aliphatic heterocycles. The second-order valence-corrected chi connectivity index (χ2v) is 5.10. The predicted octanol–water partition coefficient (Wildman–Crippen LogP) is 2.49. The van der Waals surface area contributed by atoms with Crippen LogP contribution < -0.4 is 10.5 Å². The monoisotopic (exact) mass is 302 g/mol. The first-order chi connectivity index (χ1) is 10.5. The van der Waals surface area contributed by atoms with Gasteiger partial charge in [-0.2, -0.15) is 0 Å². The van der Waals surface area contributed by atoms with Crippen LogP contribution in [-0.2, 0) is 11.3 Å². The Balaban J connectivity index is 2.20. The largest absolute Gasteiger partial charge is 0.494 e. The number of benzene rings is 2. The fourth-order valence-corrected chi connectivity index (χ4v) is 2.46. The summed E-state index contributed by atoms with van der Waals surface area (Å²) < 4.78 is 18.6. The Morgan fingerprint density at radius 2 is 1.95 bits per heavy atom. The number of ether oxygens (including phenoxy) is 1. The molecule has 0 spiro atoms. The molecule has 2 aromatic carbocycles. The predicted molar refractivity (Wildman–Crippen MR) is 82.8 cm³/mol. The van der Waals surface area contributed by atoms with Crippen LogP contribution in [0.25, 0.3) is 0 Å². The van der Waals surface area contributed by atoms with E-state index in [0.29, 0.717) is 6.54 Å². The van der Waals surface area contributed by atoms with Gasteiger partial charge in [-0.1, -0.05) is 36.4 Å². The minimum absolute atomic E-state index is 0.195. The van der Waals surface area contributed by atoms with Crippen LogP contribution in [0.15, 0.2) is 48.5 Å². The molecule has 0 heterocycles. The Morgan fingerprint density at radius 1 is 1.27 bits per heavy atom. The van der Waals surface area contributed by atoms with E-state index in [4.69, 9.17) is 10.5 Å². The number of carbonyl (C=O) groups is 1. The normalized spacial score (nSPS) is 12.2. The minimum Gasteiger partial charge on any atom is -0.494 e. The van der Waals surface area contributed by atoms with E-state index >= 15 is 0 Å². The summed E-state index contributed by atoms with van der Waals surface area (Å²) in [6.07, 6.45) is 0. The third-order valence-corrected chi connectivity index (χ3v) is 3.47. The zero-order chi connectivity index (χ0) is 16.1. The maximum atomic E-state index is 13.7. The second kappa shape index (κ2) is 7.04. The van der Waals surface area contributed by atoms with Gasteiger partial charge in [-0.25, -0.2) is 4.39 Å². The summed E-state index contributed by atoms with van der Waals surface area (Å²) in [6, 6.07) is 13.5. The van der Waals surface area contributed by atoms with Gasteiger partial charge >= 0.3 is 0 Å². The van der Waals surface area contributed by atoms with E-state index in [2.05, 4.69) is 0 Å². The van der Waals surface area contributed by atoms with Gasteiger partial charge in [0.1, 0.15) is 6.04 Å². The van der Waals surface area contributed by atoms with Crippen molar-refractivity contribution in [3.8, 4) is 5.75 Å². The lowest BCUT2D eigenvalue weighted by Crippen LogP contribution is -2.35. The number of halogens is 1. The summed E-state index contributed by atoms with van der Waals surface area (Å²) in [5, 5.41) is 0. The molecule has 2 rings (SSSR count). The molecule has 116 valence electrons. The van der Waals surface area contributed by atoms with Crippen molar-refractivity contribution in [3.63, 3.8) is 0 Å². The van der Waals surface area contributed by atoms with Crippen LogP contribution in [0.4, 0.5) is 4.39 Å². The van der Waals surface area contributed by atoms with Crippen molar-refractivity contribution < 1.29 is 13.9 Å². The fourth-order valence-electron chi connectivity index (χ4n) is 2.46. The summed E-state index contributed by atoms with van der Waals surface area (Å²) in [5.41, 5.74) is 7.07. The Morgan fingerprint density at radius 3 is 2.50 bits per heavy atom. The van der Waals surface area contributed by atoms with Crippen molar-refractivity contribution in [1.82, 2.24) is 4.90 Å². The van der Waals surface area contributed by atoms with E-state index in [1.807, 2.05) is 30.3 Å². The molecule has 0 aliphatic rings. The molecule has 0 bridgehead atoms. The molecule has 5 heteroatoms. The molecule has 1 atom stereocenters. The van der Waals surface area contributed by atoms with Gasteiger partial charge in [0, 0.05) is 6.54 Å². The first-order valence-corrected chi connectivity index (χ1v) is 6.90. The Hall–Kier alpha value is -2.40. The summed E-state index contributed by atoms with van der Waals surface area (Å²) >= 11 is 0. The molecule has 0 aliphatic carbocycles. The molecule has 2 N–H and O–H groups in total. The molecule has 0 unspecified atom stereocenters. The Bertz CT molecular complexity index is 646. The van der Waals surface area contributed by atoms with Crippen molar-refractivity contribution in [3.05, 3.63) is 65.5 Å². The quantitative estimate of drug-likeness (QED) is 0.892. The Labute approximate surface area is 129 Å². The molecule has 0 saturated heterocycles. The minimum atomic E-state index is -0.564. The number of hydrogen-bond donors (Lipinski definition) is 1. The first-order valence-electron chi connectivity index (χ1n) is 6.90. The van der Waals surface area contributed by atoms with E-state index in [1.165, 1.54) is 13.2 Å². The maximum Gasteiger partial charge on any atom is 0.239 e. The van der Waals surface area contributed by atoms with Crippen LogP contribution in [0, 0.1) is 5.82 Å². The molecule has 1 amide bonds. The molecular formula is C17H19FN2O2. The van der Waals surface area contributed by atoms with E-state index in [9.17, 15) is 9.18 Å². The Kier molecular flexibility index (Phi) is 5.12. The highest BCUT2D eigenvalue weighted by Crippen LogP contribution is 2.23. The van der Waals surface area contributed by atoms with Crippen LogP contribution in [0.1, 0.15) is 17.2 Å². The lowest BCUT2D eigenvalue weighted by atomic mass is 10.0. The van der Waals surface area contributed by atoms with Crippen LogP contribution in [0.3, 0.4) is 0 Å². The van der Waals surface area contributed by atoms with E-state index < -0.39 is 17.8 Å². The average molecular weight is 302 g/mol. The number of hydrogen-bond acceptors (Lipinski definition) is 3. The van der Waals surface area contributed by atoms with Gasteiger partial charge in [-0.3, -0.25) is 9.69 Å². The third-order valence-electron chi connectivity index (χ3n) is 3.47. The van der Waals surface area contributed by atoms with Crippen LogP contribution >= 0.6 is 0 Å². The van der Waals surface area contributed by atoms with E-state index in [-0.39, 0.29) is 5.75 Å². The van der Waals surface area contributed by atoms with Crippen molar-refractivity contribution in [2.45, 2.75) is 12.6 Å². The molecule has 4 nitrogen and oxygen atoms in total. The van der Waals surface area contributed by atoms with Crippen LogP contribution in [-0.4, -0.2) is 25.0 Å². The van der Waals surface area contributed by atoms with Crippen molar-refractivity contribution in [2.75, 3.05) is 14.2 Å². The number of methoxy groups -OCH3 is 1. The summed E-state index contributed by atoms with van der Waals surface area (Å²) in [5.74, 6) is -0.674. The van der Waals surface area contributed by atoms with Gasteiger partial charge in [-0.15, -0.1) is 0 Å². The van der Waals surface area contributed by atoms with Gasteiger partial charge in [0.2, 0.25) is 5.91 Å². The van der Waals surface area contributed by atoms with Crippen LogP contribution in [0.5, 0.6) is 5.75 Å². The molecular weight excluding hydrogens is 283 g/mol. The molecule has 2 aromatic rings. The fraction of sp³-hybridized carbons (Fsp3) is 0.235. The summed E-state index contributed by atoms with van der Waals surface area (Å²) in [6.45, 7) is 0.392. The van der Waals surface area contributed by atoms with Gasteiger partial charge in [0.15, 0.2) is 11.6 Å². The summed E-state index contributed by atoms with van der Waals surface area (Å²) in [7, 11) is 3.20. The zero-order valence-electron chi connectivity index (χ0n) is 12.6. The van der Waals surface area contributed by atoms with Gasteiger partial charge in [0.25, 0.3) is 0 Å². The lowest BCUT2D eigenvalue weighted by Gasteiger charge is -2.26. The zero-order valence-corrected chi connectivity index (χ0v) is 12.6. The number of likely N-dealkylation sites (N-methyl/N-ethyl adjacent to an activating group) is 1. The highest BCUT2D eigenvalue weighted by molar-refractivity contribution is 5.81. The number of nitrogens with two attached hydrogens (primary N) is 1. The molecule has 0 saturated carbocycles. The number of amides is 1. The van der Waals surface area contributed by atoms with Crippen molar-refractivity contribution in [2.24, 2.45) is 5.73 Å². The number of rotatable bonds is 6. The van der Waals surface area contributed by atoms with Crippen LogP contribution in [0.2, 0.25) is 0 Å². The number of nitrogens with zero attached hydrogens (tertiary/aromatic N) is 1. The standard InChI is InChI=1S/C17H19FN2O2/c1-20(11-12-8-9-15(22-2)14(18)10-12)16(17(19)21)13-6-4-3-5-7-13/h3-10,16H,11H2,1-2H3,(H2,19,21)/t16-/m0/s1. The van der Waals surface area contributed by atoms with Crippen molar-refractivity contribution in [1.29, 1.82) is 0 Å². The third kappa shape index (κ3) is 3.62. The van der Waals surface area contributed by atoms with Gasteiger partial charge < -0.3 is 10.5 Å². The molecule has 0 fully saturated rings. The average Bonchev–Trinajstić information content (AvgIpc) is 2.48. The lowest BCUT2D eigenvalue weighted by molar-refractivity contribution is -0.123. The second-order valence-electron chi connectivity index (χ2n) is 5.10. The number of carbonyl (C=O) groups excluding carboxylic acids is 1. The SMILES string of the molecule is COc1ccc(CN(C)[C@H](C(N)=O)c2ccccc2)cc1F. The summed E-state index contributed by atoms with van der Waals surface area (Å²) in [4.78, 5) is 13.6. The first kappa shape index (κ1) is 16.0.